The minimum Gasteiger partial charge on any atom is -0.486 e. The summed E-state index contributed by atoms with van der Waals surface area (Å²) in [4.78, 5) is 17.0. The van der Waals surface area contributed by atoms with E-state index in [0.717, 1.165) is 22.6 Å². The molecule has 144 valence electrons. The maximum atomic E-state index is 13.0. The lowest BCUT2D eigenvalue weighted by molar-refractivity contribution is -0.136. The molecule has 0 spiro atoms. The third-order valence-corrected chi connectivity index (χ3v) is 4.97. The number of benzene rings is 2. The Labute approximate surface area is 161 Å². The summed E-state index contributed by atoms with van der Waals surface area (Å²) in [5.41, 5.74) is 2.25. The Morgan fingerprint density at radius 1 is 1.00 bits per heavy atom. The molecule has 0 N–H and O–H groups in total. The molecule has 3 rings (SSSR count). The number of fused-ring (bicyclic) bond motifs is 1. The lowest BCUT2D eigenvalue weighted by Gasteiger charge is -2.30. The highest BCUT2D eigenvalue weighted by Gasteiger charge is 2.23. The number of nitrogens with zero attached hydrogens (tertiary/aromatic N) is 2. The van der Waals surface area contributed by atoms with Gasteiger partial charge in [-0.05, 0) is 44.2 Å². The fourth-order valence-corrected chi connectivity index (χ4v) is 3.21. The Morgan fingerprint density at radius 2 is 1.70 bits per heavy atom. The molecule has 0 bridgehead atoms. The zero-order chi connectivity index (χ0) is 19.2. The van der Waals surface area contributed by atoms with Crippen LogP contribution in [0.3, 0.4) is 0 Å². The van der Waals surface area contributed by atoms with Gasteiger partial charge in [-0.3, -0.25) is 9.69 Å². The Morgan fingerprint density at radius 3 is 2.41 bits per heavy atom. The Hall–Kier alpha value is -2.53. The lowest BCUT2D eigenvalue weighted by atomic mass is 10.1. The molecule has 1 aliphatic rings. The highest BCUT2D eigenvalue weighted by atomic mass is 16.6. The summed E-state index contributed by atoms with van der Waals surface area (Å²) >= 11 is 0. The smallest absolute Gasteiger partial charge is 0.239 e. The van der Waals surface area contributed by atoms with Gasteiger partial charge in [0.15, 0.2) is 11.5 Å². The molecule has 0 saturated heterocycles. The molecule has 0 fully saturated rings. The Bertz CT molecular complexity index is 763. The van der Waals surface area contributed by atoms with Crippen molar-refractivity contribution in [1.82, 2.24) is 9.80 Å². The third kappa shape index (κ3) is 4.80. The second kappa shape index (κ2) is 8.91. The van der Waals surface area contributed by atoms with Crippen LogP contribution in [0.25, 0.3) is 0 Å². The minimum atomic E-state index is -0.207. The summed E-state index contributed by atoms with van der Waals surface area (Å²) in [6.07, 6.45) is 0. The first kappa shape index (κ1) is 19.2. The molecular formula is C22H28N2O3. The van der Waals surface area contributed by atoms with Crippen molar-refractivity contribution in [1.29, 1.82) is 0 Å². The number of hydrogen-bond donors (Lipinski definition) is 0. The monoisotopic (exact) mass is 368 g/mol. The van der Waals surface area contributed by atoms with Gasteiger partial charge in [0.2, 0.25) is 5.91 Å². The fourth-order valence-electron chi connectivity index (χ4n) is 3.21. The van der Waals surface area contributed by atoms with E-state index in [1.165, 1.54) is 0 Å². The Kier molecular flexibility index (Phi) is 6.35. The average molecular weight is 368 g/mol. The van der Waals surface area contributed by atoms with Gasteiger partial charge in [-0.15, -0.1) is 0 Å². The van der Waals surface area contributed by atoms with E-state index in [1.54, 1.807) is 0 Å². The van der Waals surface area contributed by atoms with Crippen molar-refractivity contribution in [2.75, 3.05) is 26.8 Å². The summed E-state index contributed by atoms with van der Waals surface area (Å²) in [6, 6.07) is 15.9. The van der Waals surface area contributed by atoms with E-state index in [1.807, 2.05) is 62.2 Å². The summed E-state index contributed by atoms with van der Waals surface area (Å²) in [5.74, 6) is 1.71. The second-order valence-corrected chi connectivity index (χ2v) is 6.91. The van der Waals surface area contributed by atoms with Crippen LogP contribution >= 0.6 is 0 Å². The molecule has 27 heavy (non-hydrogen) atoms. The number of rotatable bonds is 7. The van der Waals surface area contributed by atoms with E-state index in [9.17, 15) is 4.79 Å². The quantitative estimate of drug-likeness (QED) is 0.752. The topological polar surface area (TPSA) is 42.0 Å². The first-order valence-corrected chi connectivity index (χ1v) is 9.50. The van der Waals surface area contributed by atoms with Gasteiger partial charge in [-0.2, -0.15) is 0 Å². The zero-order valence-corrected chi connectivity index (χ0v) is 16.4. The molecule has 0 saturated carbocycles. The van der Waals surface area contributed by atoms with Gasteiger partial charge in [0, 0.05) is 19.6 Å². The molecule has 5 heteroatoms. The van der Waals surface area contributed by atoms with Crippen molar-refractivity contribution >= 4 is 5.91 Å². The molecule has 2 aromatic rings. The third-order valence-electron chi connectivity index (χ3n) is 4.97. The largest absolute Gasteiger partial charge is 0.486 e. The molecule has 2 aromatic carbocycles. The predicted octanol–water partition coefficient (Wildman–Crippen LogP) is 3.33. The van der Waals surface area contributed by atoms with E-state index < -0.39 is 0 Å². The van der Waals surface area contributed by atoms with Gasteiger partial charge >= 0.3 is 0 Å². The molecule has 1 unspecified atom stereocenters. The van der Waals surface area contributed by atoms with E-state index in [4.69, 9.17) is 9.47 Å². The molecule has 1 atom stereocenters. The van der Waals surface area contributed by atoms with Gasteiger partial charge in [0.05, 0.1) is 6.04 Å². The summed E-state index contributed by atoms with van der Waals surface area (Å²) < 4.78 is 11.2. The first-order chi connectivity index (χ1) is 13.1. The molecule has 0 aromatic heterocycles. The predicted molar refractivity (Wildman–Crippen MR) is 106 cm³/mol. The molecule has 1 amide bonds. The normalized spacial score (nSPS) is 14.1. The first-order valence-electron chi connectivity index (χ1n) is 9.50. The molecule has 5 nitrogen and oxygen atoms in total. The van der Waals surface area contributed by atoms with Crippen LogP contribution in [0, 0.1) is 0 Å². The van der Waals surface area contributed by atoms with E-state index in [0.29, 0.717) is 32.8 Å². The van der Waals surface area contributed by atoms with Gasteiger partial charge in [-0.25, -0.2) is 0 Å². The number of carbonyl (C=O) groups excluding carboxylic acids is 1. The van der Waals surface area contributed by atoms with Crippen molar-refractivity contribution in [2.45, 2.75) is 33.0 Å². The van der Waals surface area contributed by atoms with Gasteiger partial charge in [0.25, 0.3) is 0 Å². The van der Waals surface area contributed by atoms with E-state index in [-0.39, 0.29) is 11.9 Å². The molecular weight excluding hydrogens is 340 g/mol. The number of carbonyl (C=O) groups is 1. The van der Waals surface area contributed by atoms with Crippen LogP contribution in [0.15, 0.2) is 48.5 Å². The van der Waals surface area contributed by atoms with Crippen molar-refractivity contribution in [2.24, 2.45) is 0 Å². The van der Waals surface area contributed by atoms with Crippen LogP contribution in [-0.4, -0.2) is 48.6 Å². The Balaban J connectivity index is 1.63. The van der Waals surface area contributed by atoms with E-state index in [2.05, 4.69) is 17.0 Å². The zero-order valence-electron chi connectivity index (χ0n) is 16.4. The van der Waals surface area contributed by atoms with Crippen molar-refractivity contribution < 1.29 is 14.3 Å². The van der Waals surface area contributed by atoms with Gasteiger partial charge in [0.1, 0.15) is 13.2 Å². The average Bonchev–Trinajstić information content (AvgIpc) is 2.71. The molecule has 0 aliphatic carbocycles. The summed E-state index contributed by atoms with van der Waals surface area (Å²) in [5, 5.41) is 0. The highest BCUT2D eigenvalue weighted by Crippen LogP contribution is 2.31. The second-order valence-electron chi connectivity index (χ2n) is 6.91. The van der Waals surface area contributed by atoms with Crippen LogP contribution in [-0.2, 0) is 17.9 Å². The minimum absolute atomic E-state index is 0.140. The van der Waals surface area contributed by atoms with Crippen molar-refractivity contribution in [3.63, 3.8) is 0 Å². The van der Waals surface area contributed by atoms with Gasteiger partial charge in [-0.1, -0.05) is 36.4 Å². The highest BCUT2D eigenvalue weighted by molar-refractivity contribution is 5.81. The number of likely N-dealkylation sites (N-methyl/N-ethyl adjacent to an activating group) is 2. The number of ether oxygens (including phenoxy) is 2. The van der Waals surface area contributed by atoms with Crippen LogP contribution in [0.1, 0.15) is 25.0 Å². The van der Waals surface area contributed by atoms with Crippen molar-refractivity contribution in [3.8, 4) is 11.5 Å². The van der Waals surface area contributed by atoms with Crippen LogP contribution < -0.4 is 9.47 Å². The fraction of sp³-hybridized carbons (Fsp3) is 0.409. The maximum Gasteiger partial charge on any atom is 0.239 e. The van der Waals surface area contributed by atoms with E-state index >= 15 is 0 Å². The standard InChI is InChI=1S/C22H28N2O3/c1-4-24(16-18-8-6-5-7-9-18)22(25)17(2)23(3)15-19-10-11-20-21(14-19)27-13-12-26-20/h5-11,14,17H,4,12-13,15-16H2,1-3H3. The summed E-state index contributed by atoms with van der Waals surface area (Å²) in [7, 11) is 1.98. The molecule has 1 aliphatic heterocycles. The number of hydrogen-bond acceptors (Lipinski definition) is 4. The van der Waals surface area contributed by atoms with Crippen LogP contribution in [0.5, 0.6) is 11.5 Å². The molecule has 0 radical (unpaired) electrons. The van der Waals surface area contributed by atoms with Gasteiger partial charge < -0.3 is 14.4 Å². The summed E-state index contributed by atoms with van der Waals surface area (Å²) in [6.45, 7) is 7.15. The van der Waals surface area contributed by atoms with Crippen LogP contribution in [0.4, 0.5) is 0 Å². The van der Waals surface area contributed by atoms with Crippen LogP contribution in [0.2, 0.25) is 0 Å². The van der Waals surface area contributed by atoms with Crippen molar-refractivity contribution in [3.05, 3.63) is 59.7 Å². The maximum absolute atomic E-state index is 13.0. The number of amides is 1. The molecule has 1 heterocycles. The SMILES string of the molecule is CCN(Cc1ccccc1)C(=O)C(C)N(C)Cc1ccc2c(c1)OCCO2. The lowest BCUT2D eigenvalue weighted by Crippen LogP contribution is -2.45.